The first kappa shape index (κ1) is 17.0. The SMILES string of the molecule is COCc1cnc(C)nc1C1CCCN(C(=O)c2sccc2C)C1. The van der Waals surface area contributed by atoms with E-state index in [0.717, 1.165) is 46.9 Å². The van der Waals surface area contributed by atoms with Crippen LogP contribution in [0, 0.1) is 13.8 Å². The fraction of sp³-hybridized carbons (Fsp3) is 0.500. The molecule has 1 amide bonds. The smallest absolute Gasteiger partial charge is 0.264 e. The first-order valence-electron chi connectivity index (χ1n) is 8.25. The molecule has 6 heteroatoms. The van der Waals surface area contributed by atoms with Crippen LogP contribution < -0.4 is 0 Å². The van der Waals surface area contributed by atoms with Gasteiger partial charge in [-0.25, -0.2) is 9.97 Å². The summed E-state index contributed by atoms with van der Waals surface area (Å²) in [5, 5.41) is 1.98. The number of methoxy groups -OCH3 is 1. The number of amides is 1. The fourth-order valence-electron chi connectivity index (χ4n) is 3.25. The molecule has 24 heavy (non-hydrogen) atoms. The first-order valence-corrected chi connectivity index (χ1v) is 9.13. The second-order valence-corrected chi connectivity index (χ2v) is 7.20. The van der Waals surface area contributed by atoms with Gasteiger partial charge in [0.1, 0.15) is 5.82 Å². The molecule has 1 fully saturated rings. The highest BCUT2D eigenvalue weighted by molar-refractivity contribution is 7.12. The molecule has 0 radical (unpaired) electrons. The number of hydrogen-bond donors (Lipinski definition) is 0. The zero-order valence-corrected chi connectivity index (χ0v) is 15.2. The number of aryl methyl sites for hydroxylation is 2. The fourth-order valence-corrected chi connectivity index (χ4v) is 4.14. The molecule has 0 spiro atoms. The quantitative estimate of drug-likeness (QED) is 0.853. The summed E-state index contributed by atoms with van der Waals surface area (Å²) in [4.78, 5) is 24.6. The zero-order valence-electron chi connectivity index (χ0n) is 14.4. The average molecular weight is 345 g/mol. The number of carbonyl (C=O) groups is 1. The van der Waals surface area contributed by atoms with Gasteiger partial charge in [0, 0.05) is 37.9 Å². The third kappa shape index (κ3) is 3.49. The minimum atomic E-state index is 0.145. The van der Waals surface area contributed by atoms with Crippen LogP contribution >= 0.6 is 11.3 Å². The van der Waals surface area contributed by atoms with Gasteiger partial charge in [0.15, 0.2) is 0 Å². The molecule has 1 aliphatic rings. The second-order valence-electron chi connectivity index (χ2n) is 6.28. The Labute approximate surface area is 146 Å². The Morgan fingerprint density at radius 1 is 1.46 bits per heavy atom. The number of piperidine rings is 1. The summed E-state index contributed by atoms with van der Waals surface area (Å²) in [6.45, 7) is 5.93. The van der Waals surface area contributed by atoms with Crippen LogP contribution in [0.3, 0.4) is 0 Å². The molecule has 0 saturated carbocycles. The largest absolute Gasteiger partial charge is 0.380 e. The summed E-state index contributed by atoms with van der Waals surface area (Å²) in [5.74, 6) is 1.16. The lowest BCUT2D eigenvalue weighted by Crippen LogP contribution is -2.39. The Balaban J connectivity index is 1.82. The Morgan fingerprint density at radius 3 is 3.00 bits per heavy atom. The summed E-state index contributed by atoms with van der Waals surface area (Å²) in [6.07, 6.45) is 3.89. The molecule has 1 unspecified atom stereocenters. The van der Waals surface area contributed by atoms with Crippen LogP contribution in [-0.2, 0) is 11.3 Å². The van der Waals surface area contributed by atoms with Crippen molar-refractivity contribution in [1.29, 1.82) is 0 Å². The lowest BCUT2D eigenvalue weighted by Gasteiger charge is -2.33. The molecule has 1 atom stereocenters. The maximum absolute atomic E-state index is 12.8. The molecular weight excluding hydrogens is 322 g/mol. The number of aromatic nitrogens is 2. The van der Waals surface area contributed by atoms with Gasteiger partial charge in [-0.1, -0.05) is 0 Å². The molecule has 0 bridgehead atoms. The molecule has 3 rings (SSSR count). The van der Waals surface area contributed by atoms with E-state index in [0.29, 0.717) is 13.2 Å². The minimum Gasteiger partial charge on any atom is -0.380 e. The van der Waals surface area contributed by atoms with Crippen molar-refractivity contribution < 1.29 is 9.53 Å². The van der Waals surface area contributed by atoms with E-state index in [1.807, 2.05) is 36.4 Å². The Morgan fingerprint density at radius 2 is 2.29 bits per heavy atom. The molecule has 5 nitrogen and oxygen atoms in total. The monoisotopic (exact) mass is 345 g/mol. The molecule has 0 N–H and O–H groups in total. The predicted octanol–water partition coefficient (Wildman–Crippen LogP) is 3.32. The van der Waals surface area contributed by atoms with Gasteiger partial charge in [-0.05, 0) is 43.7 Å². The number of hydrogen-bond acceptors (Lipinski definition) is 5. The maximum Gasteiger partial charge on any atom is 0.264 e. The lowest BCUT2D eigenvalue weighted by molar-refractivity contribution is 0.0709. The van der Waals surface area contributed by atoms with E-state index >= 15 is 0 Å². The molecule has 1 saturated heterocycles. The molecule has 0 aliphatic carbocycles. The van der Waals surface area contributed by atoms with Gasteiger partial charge < -0.3 is 9.64 Å². The standard InChI is InChI=1S/C18H23N3O2S/c1-12-6-8-24-17(12)18(22)21-7-4-5-14(10-21)16-15(11-23-3)9-19-13(2)20-16/h6,8-9,14H,4-5,7,10-11H2,1-3H3. The summed E-state index contributed by atoms with van der Waals surface area (Å²) >= 11 is 1.53. The number of carbonyl (C=O) groups excluding carboxylic acids is 1. The van der Waals surface area contributed by atoms with Gasteiger partial charge >= 0.3 is 0 Å². The maximum atomic E-state index is 12.8. The molecule has 2 aromatic rings. The van der Waals surface area contributed by atoms with E-state index in [9.17, 15) is 4.79 Å². The summed E-state index contributed by atoms with van der Waals surface area (Å²) in [7, 11) is 1.68. The van der Waals surface area contributed by atoms with Gasteiger partial charge in [-0.2, -0.15) is 0 Å². The average Bonchev–Trinajstić information content (AvgIpc) is 3.02. The van der Waals surface area contributed by atoms with E-state index < -0.39 is 0 Å². The van der Waals surface area contributed by atoms with Gasteiger partial charge in [-0.15, -0.1) is 11.3 Å². The van der Waals surface area contributed by atoms with E-state index in [-0.39, 0.29) is 11.8 Å². The van der Waals surface area contributed by atoms with E-state index in [4.69, 9.17) is 4.74 Å². The van der Waals surface area contributed by atoms with Gasteiger partial charge in [0.05, 0.1) is 17.2 Å². The van der Waals surface area contributed by atoms with Crippen LogP contribution in [0.25, 0.3) is 0 Å². The Bertz CT molecular complexity index is 729. The van der Waals surface area contributed by atoms with Crippen LogP contribution in [-0.4, -0.2) is 41.0 Å². The molecule has 0 aromatic carbocycles. The normalized spacial score (nSPS) is 18.0. The van der Waals surface area contributed by atoms with E-state index in [1.54, 1.807) is 7.11 Å². The Kier molecular flexibility index (Phi) is 5.26. The number of ether oxygens (including phenoxy) is 1. The molecule has 128 valence electrons. The van der Waals surface area contributed by atoms with Gasteiger partial charge in [-0.3, -0.25) is 4.79 Å². The summed E-state index contributed by atoms with van der Waals surface area (Å²) in [6, 6.07) is 2.00. The van der Waals surface area contributed by atoms with Crippen molar-refractivity contribution in [3.05, 3.63) is 45.2 Å². The highest BCUT2D eigenvalue weighted by Crippen LogP contribution is 2.30. The van der Waals surface area contributed by atoms with Crippen molar-refractivity contribution in [2.24, 2.45) is 0 Å². The third-order valence-electron chi connectivity index (χ3n) is 4.47. The molecule has 1 aliphatic heterocycles. The topological polar surface area (TPSA) is 55.3 Å². The minimum absolute atomic E-state index is 0.145. The van der Waals surface area contributed by atoms with Gasteiger partial charge in [0.2, 0.25) is 0 Å². The summed E-state index contributed by atoms with van der Waals surface area (Å²) in [5.41, 5.74) is 3.12. The van der Waals surface area contributed by atoms with E-state index in [2.05, 4.69) is 9.97 Å². The van der Waals surface area contributed by atoms with Crippen LogP contribution in [0.5, 0.6) is 0 Å². The highest BCUT2D eigenvalue weighted by atomic mass is 32.1. The molecule has 2 aromatic heterocycles. The zero-order chi connectivity index (χ0) is 17.1. The van der Waals surface area contributed by atoms with E-state index in [1.165, 1.54) is 11.3 Å². The third-order valence-corrected chi connectivity index (χ3v) is 5.47. The Hall–Kier alpha value is -1.79. The van der Waals surface area contributed by atoms with Crippen molar-refractivity contribution in [3.63, 3.8) is 0 Å². The van der Waals surface area contributed by atoms with Crippen LogP contribution in [0.15, 0.2) is 17.6 Å². The van der Waals surface area contributed by atoms with Crippen molar-refractivity contribution >= 4 is 17.2 Å². The predicted molar refractivity (Wildman–Crippen MR) is 94.4 cm³/mol. The van der Waals surface area contributed by atoms with Crippen molar-refractivity contribution in [2.45, 2.75) is 39.2 Å². The van der Waals surface area contributed by atoms with Crippen molar-refractivity contribution in [1.82, 2.24) is 14.9 Å². The van der Waals surface area contributed by atoms with Crippen LogP contribution in [0.4, 0.5) is 0 Å². The second kappa shape index (κ2) is 7.40. The number of thiophene rings is 1. The number of nitrogens with zero attached hydrogens (tertiary/aromatic N) is 3. The summed E-state index contributed by atoms with van der Waals surface area (Å²) < 4.78 is 5.29. The highest BCUT2D eigenvalue weighted by Gasteiger charge is 2.29. The first-order chi connectivity index (χ1) is 11.6. The molecular formula is C18H23N3O2S. The van der Waals surface area contributed by atoms with Crippen LogP contribution in [0.1, 0.15) is 51.1 Å². The van der Waals surface area contributed by atoms with Crippen molar-refractivity contribution in [3.8, 4) is 0 Å². The number of likely N-dealkylation sites (tertiary alicyclic amines) is 1. The van der Waals surface area contributed by atoms with Crippen LogP contribution in [0.2, 0.25) is 0 Å². The van der Waals surface area contributed by atoms with Gasteiger partial charge in [0.25, 0.3) is 5.91 Å². The number of rotatable bonds is 4. The van der Waals surface area contributed by atoms with Crippen molar-refractivity contribution in [2.75, 3.05) is 20.2 Å². The lowest BCUT2D eigenvalue weighted by atomic mass is 9.92. The molecule has 3 heterocycles.